The van der Waals surface area contributed by atoms with Gasteiger partial charge in [-0.1, -0.05) is 18.6 Å². The molecular formula is C28H31NO6S. The van der Waals surface area contributed by atoms with Crippen molar-refractivity contribution in [3.63, 3.8) is 0 Å². The number of ether oxygens (including phenoxy) is 1. The number of aromatic hydroxyl groups is 2. The summed E-state index contributed by atoms with van der Waals surface area (Å²) < 4.78 is 6.02. The minimum absolute atomic E-state index is 0.0786. The molecule has 1 unspecified atom stereocenters. The summed E-state index contributed by atoms with van der Waals surface area (Å²) in [6, 6.07) is 0. The first-order chi connectivity index (χ1) is 16.9. The summed E-state index contributed by atoms with van der Waals surface area (Å²) in [7, 11) is 0. The van der Waals surface area contributed by atoms with Gasteiger partial charge in [0.15, 0.2) is 11.6 Å². The summed E-state index contributed by atoms with van der Waals surface area (Å²) >= 11 is 1.48. The number of fused-ring (bicyclic) bond motifs is 3. The molecule has 0 spiro atoms. The van der Waals surface area contributed by atoms with Crippen molar-refractivity contribution in [2.45, 2.75) is 66.2 Å². The monoisotopic (exact) mass is 509 g/mol. The van der Waals surface area contributed by atoms with Gasteiger partial charge in [0, 0.05) is 23.4 Å². The molecular weight excluding hydrogens is 478 g/mol. The van der Waals surface area contributed by atoms with Crippen LogP contribution in [0.2, 0.25) is 0 Å². The first kappa shape index (κ1) is 25.7. The maximum absolute atomic E-state index is 13.4. The van der Waals surface area contributed by atoms with Crippen LogP contribution in [0.4, 0.5) is 0 Å². The zero-order valence-corrected chi connectivity index (χ0v) is 22.2. The molecule has 2 aromatic rings. The summed E-state index contributed by atoms with van der Waals surface area (Å²) in [4.78, 5) is 30.3. The standard InChI is InChI=1S/C28H31NO6S/c1-13(2)8-7-9-14(3)10-20-29-17(12-36-20)22-24(32)15(4)25(33)23-26(22)35-19-11-18(31)21(16(5)30)27(34)28(19,23)6/h8,11-12,14,31-33H,7,9-10H2,1-6H3/t14?,28-/m0/s1. The number of aromatic nitrogens is 1. The topological polar surface area (TPSA) is 117 Å². The molecule has 0 bridgehead atoms. The van der Waals surface area contributed by atoms with Crippen molar-refractivity contribution in [3.05, 3.63) is 56.3 Å². The summed E-state index contributed by atoms with van der Waals surface area (Å²) in [5.41, 5.74) is 0.499. The maximum Gasteiger partial charge on any atom is 0.188 e. The number of phenols is 2. The molecule has 1 aliphatic carbocycles. The summed E-state index contributed by atoms with van der Waals surface area (Å²) in [5.74, 6) is -1.62. The molecule has 0 radical (unpaired) electrons. The molecule has 8 heteroatoms. The zero-order chi connectivity index (χ0) is 26.5. The fraction of sp³-hybridized carbons (Fsp3) is 0.393. The van der Waals surface area contributed by atoms with Crippen molar-refractivity contribution in [3.8, 4) is 28.5 Å². The van der Waals surface area contributed by atoms with Crippen LogP contribution in [-0.4, -0.2) is 31.9 Å². The van der Waals surface area contributed by atoms with Gasteiger partial charge in [0.1, 0.15) is 39.8 Å². The molecule has 1 aromatic carbocycles. The Kier molecular flexibility index (Phi) is 6.60. The number of nitrogens with zero attached hydrogens (tertiary/aromatic N) is 1. The van der Waals surface area contributed by atoms with Crippen LogP contribution < -0.4 is 4.74 Å². The van der Waals surface area contributed by atoms with E-state index in [1.54, 1.807) is 13.8 Å². The molecule has 1 aliphatic heterocycles. The van der Waals surface area contributed by atoms with Crippen molar-refractivity contribution in [2.75, 3.05) is 0 Å². The normalized spacial score (nSPS) is 19.4. The van der Waals surface area contributed by atoms with Crippen molar-refractivity contribution < 1.29 is 29.6 Å². The summed E-state index contributed by atoms with van der Waals surface area (Å²) in [6.45, 7) is 10.6. The van der Waals surface area contributed by atoms with Crippen LogP contribution in [0.25, 0.3) is 11.3 Å². The van der Waals surface area contributed by atoms with Crippen molar-refractivity contribution in [1.29, 1.82) is 0 Å². The van der Waals surface area contributed by atoms with Gasteiger partial charge in [0.25, 0.3) is 0 Å². The molecule has 0 saturated heterocycles. The van der Waals surface area contributed by atoms with E-state index in [1.165, 1.54) is 29.9 Å². The van der Waals surface area contributed by atoms with Gasteiger partial charge in [-0.25, -0.2) is 4.98 Å². The van der Waals surface area contributed by atoms with Crippen LogP contribution in [0, 0.1) is 12.8 Å². The van der Waals surface area contributed by atoms with Gasteiger partial charge in [0.05, 0.1) is 21.8 Å². The Morgan fingerprint density at radius 2 is 1.92 bits per heavy atom. The minimum atomic E-state index is -1.53. The summed E-state index contributed by atoms with van der Waals surface area (Å²) in [6.07, 6.45) is 6.27. The lowest BCUT2D eigenvalue weighted by Crippen LogP contribution is -2.38. The Morgan fingerprint density at radius 1 is 1.22 bits per heavy atom. The van der Waals surface area contributed by atoms with Gasteiger partial charge in [-0.15, -0.1) is 11.3 Å². The number of aliphatic hydroxyl groups excluding tert-OH is 1. The van der Waals surface area contributed by atoms with Gasteiger partial charge < -0.3 is 20.1 Å². The van der Waals surface area contributed by atoms with E-state index in [1.807, 2.05) is 5.38 Å². The number of hydrogen-bond acceptors (Lipinski definition) is 8. The van der Waals surface area contributed by atoms with E-state index in [0.717, 1.165) is 24.3 Å². The second kappa shape index (κ2) is 9.24. The van der Waals surface area contributed by atoms with Gasteiger partial charge in [-0.3, -0.25) is 9.59 Å². The number of allylic oxidation sites excluding steroid dienone is 5. The molecule has 0 amide bonds. The Bertz CT molecular complexity index is 1370. The fourth-order valence-electron chi connectivity index (χ4n) is 4.84. The van der Waals surface area contributed by atoms with E-state index >= 15 is 0 Å². The number of carbonyl (C=O) groups excluding carboxylic acids is 2. The average Bonchev–Trinajstić information content (AvgIpc) is 3.35. The largest absolute Gasteiger partial charge is 0.507 e. The molecule has 0 fully saturated rings. The van der Waals surface area contributed by atoms with E-state index < -0.39 is 22.7 Å². The fourth-order valence-corrected chi connectivity index (χ4v) is 5.79. The Morgan fingerprint density at radius 3 is 2.56 bits per heavy atom. The Balaban J connectivity index is 1.77. The quantitative estimate of drug-likeness (QED) is 0.311. The first-order valence-corrected chi connectivity index (χ1v) is 12.8. The van der Waals surface area contributed by atoms with Crippen molar-refractivity contribution >= 4 is 22.9 Å². The smallest absolute Gasteiger partial charge is 0.188 e. The highest BCUT2D eigenvalue weighted by Gasteiger charge is 2.55. The molecule has 190 valence electrons. The molecule has 2 heterocycles. The lowest BCUT2D eigenvalue weighted by Gasteiger charge is -2.28. The molecule has 0 saturated carbocycles. The molecule has 4 rings (SSSR count). The number of benzene rings is 1. The number of aliphatic hydroxyl groups is 1. The van der Waals surface area contributed by atoms with Crippen molar-refractivity contribution in [2.24, 2.45) is 5.92 Å². The van der Waals surface area contributed by atoms with Crippen LogP contribution in [0.3, 0.4) is 0 Å². The average molecular weight is 510 g/mol. The molecule has 1 aromatic heterocycles. The lowest BCUT2D eigenvalue weighted by atomic mass is 9.71. The van der Waals surface area contributed by atoms with Gasteiger partial charge >= 0.3 is 0 Å². The van der Waals surface area contributed by atoms with E-state index in [0.29, 0.717) is 11.6 Å². The van der Waals surface area contributed by atoms with Gasteiger partial charge in [0.2, 0.25) is 0 Å². The summed E-state index contributed by atoms with van der Waals surface area (Å²) in [5, 5.41) is 35.1. The van der Waals surface area contributed by atoms with Crippen LogP contribution in [0.5, 0.6) is 17.2 Å². The molecule has 36 heavy (non-hydrogen) atoms. The molecule has 2 atom stereocenters. The van der Waals surface area contributed by atoms with Crippen LogP contribution in [0.15, 0.2) is 40.2 Å². The third kappa shape index (κ3) is 4.03. The predicted octanol–water partition coefficient (Wildman–Crippen LogP) is 5.97. The highest BCUT2D eigenvalue weighted by atomic mass is 32.1. The minimum Gasteiger partial charge on any atom is -0.507 e. The SMILES string of the molecule is CC(=O)C1=C(O)C=C2Oc3c(-c4csc(CC(C)CCC=C(C)C)n4)c(O)c(C)c(O)c3[C@@]2(C)C1=O. The third-order valence-corrected chi connectivity index (χ3v) is 7.81. The number of carbonyl (C=O) groups is 2. The Hall–Kier alpha value is -3.39. The van der Waals surface area contributed by atoms with E-state index in [2.05, 4.69) is 26.8 Å². The number of thiazole rings is 1. The maximum atomic E-state index is 13.4. The highest BCUT2D eigenvalue weighted by Crippen LogP contribution is 2.59. The molecule has 7 nitrogen and oxygen atoms in total. The Labute approximate surface area is 214 Å². The number of Topliss-reactive ketones (excluding diaryl/α,β-unsaturated/α-hetero) is 2. The highest BCUT2D eigenvalue weighted by molar-refractivity contribution is 7.10. The number of hydrogen-bond donors (Lipinski definition) is 3. The second-order valence-corrected chi connectivity index (χ2v) is 11.0. The lowest BCUT2D eigenvalue weighted by molar-refractivity contribution is -0.123. The molecule has 3 N–H and O–H groups in total. The second-order valence-electron chi connectivity index (χ2n) is 10.1. The van der Waals surface area contributed by atoms with Crippen LogP contribution in [0.1, 0.15) is 63.6 Å². The molecule has 2 aliphatic rings. The van der Waals surface area contributed by atoms with Crippen LogP contribution >= 0.6 is 11.3 Å². The van der Waals surface area contributed by atoms with E-state index in [9.17, 15) is 24.9 Å². The predicted molar refractivity (Wildman–Crippen MR) is 139 cm³/mol. The van der Waals surface area contributed by atoms with Crippen molar-refractivity contribution in [1.82, 2.24) is 4.98 Å². The van der Waals surface area contributed by atoms with E-state index in [4.69, 9.17) is 9.72 Å². The zero-order valence-electron chi connectivity index (χ0n) is 21.4. The number of phenolic OH excluding ortho intramolecular Hbond substituents is 2. The van der Waals surface area contributed by atoms with Crippen LogP contribution in [-0.2, 0) is 21.4 Å². The number of rotatable bonds is 7. The van der Waals surface area contributed by atoms with E-state index in [-0.39, 0.29) is 45.3 Å². The third-order valence-electron chi connectivity index (χ3n) is 6.94. The first-order valence-electron chi connectivity index (χ1n) is 11.9. The van der Waals surface area contributed by atoms with Gasteiger partial charge in [-0.2, -0.15) is 0 Å². The number of ketones is 2. The van der Waals surface area contributed by atoms with Gasteiger partial charge in [-0.05, 0) is 53.4 Å².